The Morgan fingerprint density at radius 3 is 2.81 bits per heavy atom. The molecule has 4 aromatic rings. The second-order valence-corrected chi connectivity index (χ2v) is 15.0. The normalized spacial score (nSPS) is 23.3. The summed E-state index contributed by atoms with van der Waals surface area (Å²) in [5.41, 5.74) is 2.76. The van der Waals surface area contributed by atoms with Gasteiger partial charge in [-0.2, -0.15) is 9.97 Å². The fraction of sp³-hybridized carbons (Fsp3) is 0.500. The molecule has 3 atom stereocenters. The first-order valence-electron chi connectivity index (χ1n) is 19.0. The number of halogens is 3. The van der Waals surface area contributed by atoms with Crippen molar-refractivity contribution in [1.29, 1.82) is 0 Å². The fourth-order valence-electron chi connectivity index (χ4n) is 8.64. The number of rotatable bonds is 8. The van der Waals surface area contributed by atoms with Crippen LogP contribution >= 0.6 is 0 Å². The number of ether oxygens (including phenoxy) is 2. The van der Waals surface area contributed by atoms with Crippen LogP contribution in [0.4, 0.5) is 23.8 Å². The summed E-state index contributed by atoms with van der Waals surface area (Å²) in [7, 11) is 1.67. The molecule has 0 aliphatic carbocycles. The van der Waals surface area contributed by atoms with Crippen LogP contribution in [0.2, 0.25) is 0 Å². The van der Waals surface area contributed by atoms with E-state index in [1.165, 1.54) is 29.3 Å². The van der Waals surface area contributed by atoms with Crippen molar-refractivity contribution < 1.29 is 27.4 Å². The summed E-state index contributed by atoms with van der Waals surface area (Å²) in [4.78, 5) is 30.9. The molecule has 2 aromatic heterocycles. The lowest BCUT2D eigenvalue weighted by Gasteiger charge is -2.31. The van der Waals surface area contributed by atoms with Crippen molar-refractivity contribution in [3.8, 4) is 35.4 Å². The molecule has 0 unspecified atom stereocenters. The number of pyridine rings is 1. The van der Waals surface area contributed by atoms with Gasteiger partial charge in [0.15, 0.2) is 11.6 Å². The van der Waals surface area contributed by atoms with Crippen molar-refractivity contribution in [1.82, 2.24) is 35.5 Å². The largest absolute Gasteiger partial charge is 0.461 e. The Balaban J connectivity index is 1.21. The first kappa shape index (κ1) is 36.3. The number of amides is 1. The van der Waals surface area contributed by atoms with Crippen molar-refractivity contribution in [3.05, 3.63) is 47.7 Å². The first-order chi connectivity index (χ1) is 26.2. The van der Waals surface area contributed by atoms with Crippen LogP contribution in [-0.2, 0) is 0 Å². The molecule has 2 aromatic carbocycles. The van der Waals surface area contributed by atoms with Gasteiger partial charge in [0.2, 0.25) is 0 Å². The van der Waals surface area contributed by atoms with Crippen molar-refractivity contribution >= 4 is 33.6 Å². The van der Waals surface area contributed by atoms with E-state index in [0.717, 1.165) is 64.5 Å². The molecule has 14 heteroatoms. The zero-order valence-corrected chi connectivity index (χ0v) is 30.5. The molecule has 2 N–H and O–H groups in total. The Bertz CT molecular complexity index is 2100. The highest BCUT2D eigenvalue weighted by Gasteiger charge is 2.49. The third-order valence-corrected chi connectivity index (χ3v) is 11.4. The molecular weight excluding hydrogens is 697 g/mol. The van der Waals surface area contributed by atoms with E-state index in [0.29, 0.717) is 49.2 Å². The van der Waals surface area contributed by atoms with Gasteiger partial charge in [-0.1, -0.05) is 24.8 Å². The number of hydrazine groups is 1. The number of carbonyl (C=O) groups excluding carboxylic acids is 1. The lowest BCUT2D eigenvalue weighted by atomic mass is 9.95. The average molecular weight is 743 g/mol. The maximum Gasteiger partial charge on any atom is 0.415 e. The molecular formula is C40H45F3N8O3. The Morgan fingerprint density at radius 2 is 1.98 bits per heavy atom. The Kier molecular flexibility index (Phi) is 10.2. The van der Waals surface area contributed by atoms with Crippen LogP contribution in [0.15, 0.2) is 30.5 Å². The second kappa shape index (κ2) is 15.2. The molecule has 11 nitrogen and oxygen atoms in total. The van der Waals surface area contributed by atoms with Gasteiger partial charge < -0.3 is 19.7 Å². The number of nitrogens with zero attached hydrogens (tertiary/aromatic N) is 6. The van der Waals surface area contributed by atoms with Crippen LogP contribution in [0.1, 0.15) is 63.4 Å². The van der Waals surface area contributed by atoms with Crippen molar-refractivity contribution in [2.24, 2.45) is 0 Å². The van der Waals surface area contributed by atoms with Gasteiger partial charge in [-0.3, -0.25) is 14.9 Å². The number of alkyl halides is 1. The minimum absolute atomic E-state index is 0.0403. The number of aromatic nitrogens is 3. The molecule has 284 valence electrons. The summed E-state index contributed by atoms with van der Waals surface area (Å²) in [6.45, 7) is 4.00. The average Bonchev–Trinajstić information content (AvgIpc) is 3.55. The van der Waals surface area contributed by atoms with E-state index in [1.54, 1.807) is 13.1 Å². The molecule has 6 heterocycles. The van der Waals surface area contributed by atoms with Crippen molar-refractivity contribution in [2.75, 3.05) is 57.9 Å². The second-order valence-electron chi connectivity index (χ2n) is 15.0. The van der Waals surface area contributed by atoms with E-state index >= 15 is 8.78 Å². The summed E-state index contributed by atoms with van der Waals surface area (Å²) in [5, 5.41) is 6.33. The molecule has 0 spiro atoms. The number of terminal acetylenes is 1. The summed E-state index contributed by atoms with van der Waals surface area (Å²) >= 11 is 0. The number of anilines is 1. The van der Waals surface area contributed by atoms with E-state index in [2.05, 4.69) is 31.5 Å². The van der Waals surface area contributed by atoms with Crippen molar-refractivity contribution in [3.63, 3.8) is 0 Å². The predicted molar refractivity (Wildman–Crippen MR) is 200 cm³/mol. The fourth-order valence-corrected chi connectivity index (χ4v) is 8.64. The molecule has 8 rings (SSSR count). The number of likely N-dealkylation sites (N-methyl/N-ethyl adjacent to an activating group) is 1. The lowest BCUT2D eigenvalue weighted by Crippen LogP contribution is -2.45. The van der Waals surface area contributed by atoms with Crippen LogP contribution in [0.25, 0.3) is 32.9 Å². The zero-order chi connectivity index (χ0) is 37.4. The monoisotopic (exact) mass is 742 g/mol. The molecule has 4 fully saturated rings. The Hall–Kier alpha value is -4.71. The number of piperidine rings is 1. The van der Waals surface area contributed by atoms with Gasteiger partial charge in [0, 0.05) is 62.8 Å². The van der Waals surface area contributed by atoms with E-state index < -0.39 is 29.4 Å². The van der Waals surface area contributed by atoms with E-state index in [9.17, 15) is 9.18 Å². The van der Waals surface area contributed by atoms with Gasteiger partial charge >= 0.3 is 12.1 Å². The molecule has 0 saturated carbocycles. The molecule has 4 saturated heterocycles. The standard InChI is InChI=1S/C40H45F3N8O3/c1-3-29-32(42)12-11-25-18-28(54-39(52)49(2)23-27-10-5-7-14-44-27)19-30(33(25)29)35-34(43)36-31(21-45-35)37(51-17-8-4-6-15-46-51)48-38(47-36)53-24-40-13-9-16-50(40)22-26(41)20-40/h1,11-12,18-19,21,26-27,44,46H,4-10,13-17,20,22-24H2,2H3/t26-,27+,40+/m1/s1. The third-order valence-electron chi connectivity index (χ3n) is 11.4. The highest BCUT2D eigenvalue weighted by Crippen LogP contribution is 2.42. The number of hydrogen-bond donors (Lipinski definition) is 2. The molecule has 0 bridgehead atoms. The molecule has 1 amide bonds. The minimum Gasteiger partial charge on any atom is -0.461 e. The maximum atomic E-state index is 17.2. The quantitative estimate of drug-likeness (QED) is 0.205. The van der Waals surface area contributed by atoms with E-state index in [1.807, 2.05) is 5.01 Å². The van der Waals surface area contributed by atoms with Crippen LogP contribution < -0.4 is 25.2 Å². The number of benzene rings is 2. The van der Waals surface area contributed by atoms with Crippen LogP contribution in [0, 0.1) is 24.0 Å². The smallest absolute Gasteiger partial charge is 0.415 e. The van der Waals surface area contributed by atoms with Gasteiger partial charge in [-0.05, 0) is 75.2 Å². The summed E-state index contributed by atoms with van der Waals surface area (Å²) in [5.74, 6) is 1.48. The molecule has 4 aliphatic rings. The summed E-state index contributed by atoms with van der Waals surface area (Å²) in [6.07, 6.45) is 13.9. The minimum atomic E-state index is -0.939. The topological polar surface area (TPSA) is 108 Å². The highest BCUT2D eigenvalue weighted by atomic mass is 19.1. The number of carbonyl (C=O) groups is 1. The molecule has 54 heavy (non-hydrogen) atoms. The van der Waals surface area contributed by atoms with Gasteiger partial charge in [-0.25, -0.2) is 23.4 Å². The number of hydrogen-bond acceptors (Lipinski definition) is 10. The predicted octanol–water partition coefficient (Wildman–Crippen LogP) is 6.13. The van der Waals surface area contributed by atoms with Gasteiger partial charge in [-0.15, -0.1) is 6.42 Å². The van der Waals surface area contributed by atoms with E-state index in [4.69, 9.17) is 20.9 Å². The van der Waals surface area contributed by atoms with Gasteiger partial charge in [0.25, 0.3) is 0 Å². The lowest BCUT2D eigenvalue weighted by molar-refractivity contribution is 0.107. The van der Waals surface area contributed by atoms with Gasteiger partial charge in [0.1, 0.15) is 35.6 Å². The van der Waals surface area contributed by atoms with Crippen LogP contribution in [0.5, 0.6) is 11.8 Å². The Morgan fingerprint density at radius 1 is 1.11 bits per heavy atom. The van der Waals surface area contributed by atoms with E-state index in [-0.39, 0.29) is 52.1 Å². The van der Waals surface area contributed by atoms with Crippen LogP contribution in [0.3, 0.4) is 0 Å². The summed E-state index contributed by atoms with van der Waals surface area (Å²) < 4.78 is 59.2. The number of fused-ring (bicyclic) bond motifs is 3. The molecule has 0 radical (unpaired) electrons. The first-order valence-corrected chi connectivity index (χ1v) is 19.0. The zero-order valence-electron chi connectivity index (χ0n) is 30.5. The SMILES string of the molecule is C#Cc1c(F)ccc2cc(OC(=O)N(C)C[C@@H]3CCCCN3)cc(-c3ncc4c(N5CCCCCN5)nc(OC[C@@]56CCCN5C[C@H](F)C6)nc4c3F)c12. The highest BCUT2D eigenvalue weighted by molar-refractivity contribution is 6.03. The van der Waals surface area contributed by atoms with Crippen LogP contribution in [-0.4, -0.2) is 102 Å². The maximum absolute atomic E-state index is 17.2. The van der Waals surface area contributed by atoms with Crippen molar-refractivity contribution in [2.45, 2.75) is 75.5 Å². The van der Waals surface area contributed by atoms with Gasteiger partial charge in [0.05, 0.1) is 16.5 Å². The number of nitrogens with one attached hydrogen (secondary N) is 2. The third kappa shape index (κ3) is 7.00. The molecule has 4 aliphatic heterocycles. The Labute approximate surface area is 312 Å². The summed E-state index contributed by atoms with van der Waals surface area (Å²) in [6, 6.07) is 5.89.